The average Bonchev–Trinajstić information content (AvgIpc) is 3.33. The number of hydrogen-bond acceptors (Lipinski definition) is 7. The average molecular weight is 404 g/mol. The number of nitrogens with zero attached hydrogens (tertiary/aromatic N) is 2. The maximum Gasteiger partial charge on any atom is 0.410 e. The van der Waals surface area contributed by atoms with E-state index < -0.39 is 5.60 Å². The largest absolute Gasteiger partial charge is 0.493 e. The number of amides is 1. The molecule has 1 atom stereocenters. The van der Waals surface area contributed by atoms with Crippen LogP contribution in [0.5, 0.6) is 17.2 Å². The minimum absolute atomic E-state index is 0.210. The number of benzene rings is 1. The molecule has 0 aliphatic carbocycles. The maximum absolute atomic E-state index is 12.5. The van der Waals surface area contributed by atoms with E-state index in [1.54, 1.807) is 43.5 Å². The van der Waals surface area contributed by atoms with Crippen molar-refractivity contribution in [2.24, 2.45) is 0 Å². The highest BCUT2D eigenvalue weighted by Gasteiger charge is 2.36. The van der Waals surface area contributed by atoms with E-state index >= 15 is 0 Å². The minimum Gasteiger partial charge on any atom is -0.493 e. The Morgan fingerprint density at radius 1 is 1.24 bits per heavy atom. The lowest BCUT2D eigenvalue weighted by atomic mass is 10.2. The molecule has 29 heavy (non-hydrogen) atoms. The first-order valence-corrected chi connectivity index (χ1v) is 9.60. The number of hydrogen-bond donors (Lipinski definition) is 0. The van der Waals surface area contributed by atoms with E-state index in [2.05, 4.69) is 4.98 Å². The van der Waals surface area contributed by atoms with Crippen LogP contribution in [0.25, 0.3) is 0 Å². The summed E-state index contributed by atoms with van der Waals surface area (Å²) in [7, 11) is 3.15. The summed E-state index contributed by atoms with van der Waals surface area (Å²) in [5, 5.41) is 0. The molecule has 158 valence electrons. The maximum atomic E-state index is 12.5. The molecule has 0 radical (unpaired) electrons. The Hall–Kier alpha value is -2.90. The number of carbonyl (C=O) groups excluding carboxylic acids is 1. The van der Waals surface area contributed by atoms with Crippen LogP contribution in [0.3, 0.4) is 0 Å². The van der Waals surface area contributed by atoms with E-state index in [4.69, 9.17) is 23.4 Å². The lowest BCUT2D eigenvalue weighted by molar-refractivity contribution is 0.0202. The molecule has 8 nitrogen and oxygen atoms in total. The topological polar surface area (TPSA) is 83.3 Å². The third-order valence-corrected chi connectivity index (χ3v) is 4.47. The van der Waals surface area contributed by atoms with Gasteiger partial charge in [-0.3, -0.25) is 4.90 Å². The third kappa shape index (κ3) is 5.13. The van der Waals surface area contributed by atoms with Gasteiger partial charge in [0.2, 0.25) is 5.89 Å². The van der Waals surface area contributed by atoms with Crippen LogP contribution >= 0.6 is 0 Å². The number of carbonyl (C=O) groups is 1. The van der Waals surface area contributed by atoms with Gasteiger partial charge in [-0.15, -0.1) is 0 Å². The van der Waals surface area contributed by atoms with Gasteiger partial charge < -0.3 is 23.4 Å². The Bertz CT molecular complexity index is 842. The van der Waals surface area contributed by atoms with Gasteiger partial charge >= 0.3 is 6.09 Å². The van der Waals surface area contributed by atoms with Crippen molar-refractivity contribution in [2.75, 3.05) is 20.8 Å². The summed E-state index contributed by atoms with van der Waals surface area (Å²) in [6, 6.07) is 5.09. The molecule has 0 N–H and O–H groups in total. The van der Waals surface area contributed by atoms with Crippen LogP contribution in [-0.2, 0) is 11.3 Å². The highest BCUT2D eigenvalue weighted by Crippen LogP contribution is 2.34. The molecule has 2 aromatic rings. The molecule has 3 rings (SSSR count). The predicted molar refractivity (Wildman–Crippen MR) is 105 cm³/mol. The molecule has 2 heterocycles. The summed E-state index contributed by atoms with van der Waals surface area (Å²) in [4.78, 5) is 18.5. The molecule has 0 spiro atoms. The monoisotopic (exact) mass is 404 g/mol. The van der Waals surface area contributed by atoms with Crippen LogP contribution in [0.2, 0.25) is 0 Å². The van der Waals surface area contributed by atoms with Crippen LogP contribution in [0.15, 0.2) is 28.8 Å². The zero-order valence-electron chi connectivity index (χ0n) is 17.6. The highest BCUT2D eigenvalue weighted by atomic mass is 16.6. The summed E-state index contributed by atoms with van der Waals surface area (Å²) < 4.78 is 27.6. The Labute approximate surface area is 170 Å². The molecule has 1 fully saturated rings. The number of methoxy groups -OCH3 is 2. The summed E-state index contributed by atoms with van der Waals surface area (Å²) in [5.74, 6) is 2.91. The predicted octanol–water partition coefficient (Wildman–Crippen LogP) is 4.34. The van der Waals surface area contributed by atoms with Gasteiger partial charge in [-0.25, -0.2) is 9.78 Å². The second kappa shape index (κ2) is 8.63. The zero-order valence-corrected chi connectivity index (χ0v) is 17.6. The molecular formula is C21H28N2O6. The molecule has 1 aromatic carbocycles. The molecule has 1 amide bonds. The molecule has 1 aliphatic heterocycles. The van der Waals surface area contributed by atoms with Crippen molar-refractivity contribution in [3.63, 3.8) is 0 Å². The van der Waals surface area contributed by atoms with Crippen molar-refractivity contribution in [3.8, 4) is 17.2 Å². The Morgan fingerprint density at radius 3 is 2.69 bits per heavy atom. The van der Waals surface area contributed by atoms with E-state index in [0.29, 0.717) is 35.4 Å². The van der Waals surface area contributed by atoms with Crippen molar-refractivity contribution in [2.45, 2.75) is 51.9 Å². The fourth-order valence-electron chi connectivity index (χ4n) is 3.17. The van der Waals surface area contributed by atoms with E-state index in [0.717, 1.165) is 12.8 Å². The molecule has 8 heteroatoms. The first-order valence-electron chi connectivity index (χ1n) is 9.60. The smallest absolute Gasteiger partial charge is 0.410 e. The lowest BCUT2D eigenvalue weighted by Gasteiger charge is -2.27. The normalized spacial score (nSPS) is 16.6. The summed E-state index contributed by atoms with van der Waals surface area (Å²) in [6.07, 6.45) is 2.95. The first-order chi connectivity index (χ1) is 13.8. The number of likely N-dealkylation sites (tertiary alicyclic amines) is 1. The highest BCUT2D eigenvalue weighted by molar-refractivity contribution is 5.69. The minimum atomic E-state index is -0.542. The molecule has 0 bridgehead atoms. The summed E-state index contributed by atoms with van der Waals surface area (Å²) in [6.45, 7) is 6.39. The number of rotatable bonds is 6. The quantitative estimate of drug-likeness (QED) is 0.708. The standard InChI is InChI=1S/C21H28N2O6/c1-21(2,3)29-20(24)23-10-6-7-16(23)19-22-12-15(28-19)13-27-14-8-9-17(25-4)18(11-14)26-5/h8-9,11-12,16H,6-7,10,13H2,1-5H3/t16-/m0/s1. The van der Waals surface area contributed by atoms with Crippen LogP contribution in [0.1, 0.15) is 51.3 Å². The van der Waals surface area contributed by atoms with Crippen molar-refractivity contribution >= 4 is 6.09 Å². The van der Waals surface area contributed by atoms with Gasteiger partial charge in [-0.2, -0.15) is 0 Å². The number of oxazole rings is 1. The Balaban J connectivity index is 1.64. The molecule has 1 aliphatic rings. The Kier molecular flexibility index (Phi) is 6.20. The zero-order chi connectivity index (χ0) is 21.0. The van der Waals surface area contributed by atoms with Crippen molar-refractivity contribution in [1.29, 1.82) is 0 Å². The van der Waals surface area contributed by atoms with Crippen molar-refractivity contribution in [1.82, 2.24) is 9.88 Å². The van der Waals surface area contributed by atoms with Crippen LogP contribution in [0.4, 0.5) is 4.79 Å². The second-order valence-corrected chi connectivity index (χ2v) is 7.80. The molecule has 1 saturated heterocycles. The van der Waals surface area contributed by atoms with Gasteiger partial charge in [-0.05, 0) is 45.7 Å². The lowest BCUT2D eigenvalue weighted by Crippen LogP contribution is -2.36. The van der Waals surface area contributed by atoms with E-state index in [-0.39, 0.29) is 18.7 Å². The van der Waals surface area contributed by atoms with Gasteiger partial charge in [-0.1, -0.05) is 0 Å². The van der Waals surface area contributed by atoms with Gasteiger partial charge in [0.25, 0.3) is 0 Å². The van der Waals surface area contributed by atoms with Crippen LogP contribution in [0, 0.1) is 0 Å². The van der Waals surface area contributed by atoms with Crippen LogP contribution in [-0.4, -0.2) is 42.3 Å². The van der Waals surface area contributed by atoms with E-state index in [1.165, 1.54) is 0 Å². The molecule has 0 saturated carbocycles. The summed E-state index contributed by atoms with van der Waals surface area (Å²) >= 11 is 0. The third-order valence-electron chi connectivity index (χ3n) is 4.47. The fraction of sp³-hybridized carbons (Fsp3) is 0.524. The molecule has 0 unspecified atom stereocenters. The number of ether oxygens (including phenoxy) is 4. The molecule has 1 aromatic heterocycles. The van der Waals surface area contributed by atoms with E-state index in [9.17, 15) is 4.79 Å². The summed E-state index contributed by atoms with van der Waals surface area (Å²) in [5.41, 5.74) is -0.542. The SMILES string of the molecule is COc1ccc(OCc2cnc([C@@H]3CCCN3C(=O)OC(C)(C)C)o2)cc1OC. The van der Waals surface area contributed by atoms with E-state index in [1.807, 2.05) is 20.8 Å². The Morgan fingerprint density at radius 2 is 2.00 bits per heavy atom. The second-order valence-electron chi connectivity index (χ2n) is 7.80. The number of aromatic nitrogens is 1. The van der Waals surface area contributed by atoms with Crippen molar-refractivity contribution < 1.29 is 28.2 Å². The van der Waals surface area contributed by atoms with Gasteiger partial charge in [0.05, 0.1) is 20.4 Å². The first kappa shape index (κ1) is 20.8. The van der Waals surface area contributed by atoms with Crippen molar-refractivity contribution in [3.05, 3.63) is 36.0 Å². The van der Waals surface area contributed by atoms with Gasteiger partial charge in [0, 0.05) is 12.6 Å². The van der Waals surface area contributed by atoms with Gasteiger partial charge in [0.1, 0.15) is 24.0 Å². The van der Waals surface area contributed by atoms with Gasteiger partial charge in [0.15, 0.2) is 17.3 Å². The van der Waals surface area contributed by atoms with Crippen LogP contribution < -0.4 is 14.2 Å². The molecular weight excluding hydrogens is 376 g/mol. The fourth-order valence-corrected chi connectivity index (χ4v) is 3.17.